The van der Waals surface area contributed by atoms with Gasteiger partial charge in [-0.3, -0.25) is 53.1 Å². The smallest absolute Gasteiger partial charge is 0.409 e. The van der Waals surface area contributed by atoms with Gasteiger partial charge in [0, 0.05) is 100 Å². The van der Waals surface area contributed by atoms with Crippen LogP contribution in [-0.4, -0.2) is 196 Å². The van der Waals surface area contributed by atoms with E-state index < -0.39 is 90.7 Å². The highest BCUT2D eigenvalue weighted by molar-refractivity contribution is 6.13. The number of allylic oxidation sites excluding steroid dienone is 2. The number of amides is 8. The minimum Gasteiger partial charge on any atom is -0.491 e. The second-order valence-corrected chi connectivity index (χ2v) is 23.0. The third-order valence-corrected chi connectivity index (χ3v) is 16.0. The standard InChI is InChI=1S/C64H71N17O17/c1-7-80-42(24-32(3)74-80)58-68-30-38-37-29-41(57(66)90)69-34(5)50(37)78(59(38)72-58)20-9-10-21-79-51-40(71-63(79)73-60(91)43-25-33(4)75-81(43)8-2)27-36(56(65)89)28-45(51)95-23-11-19-76(6)64(94)96-31-35-12-13-44(97-62-54(88)52(86)53(87)55(98-62)61(92)93)39(26-35)70-47(83)16-18-67-46(82)17-22-77-48(84)14-15-49(77)85/h9-10,12-15,24-30,52-55,62,86-88H,7-8,11,16-23,31H2,1-6H3,(H2,65,89)(H2,66,90)(H,67,82)(H,70,83)(H,92,93)(H,71,73,91)/b10-9+/t52-,53-,54+,55-,62+/m0/s1. The molecule has 34 nitrogen and oxygen atoms in total. The molecule has 8 aromatic rings. The zero-order valence-electron chi connectivity index (χ0n) is 54.0. The number of hydrogen-bond acceptors (Lipinski definition) is 22. The molecule has 8 amide bonds. The van der Waals surface area contributed by atoms with Gasteiger partial charge in [0.2, 0.25) is 30.0 Å². The molecule has 2 aliphatic heterocycles. The maximum atomic E-state index is 14.1. The SMILES string of the molecule is CCn1nc(C)cc1C(=O)Nc1nc2cc(C(N)=O)cc(OCCCN(C)C(=O)OCc3ccc(O[C@@H]4O[C@H](C(=O)O)[C@@H](O)[C@H](O)[C@H]4O)c(NC(=O)CCNC(=O)CCN4C(=O)C=CC4=O)c3)c2n1C/C=C/Cn1c2nc(-c3cc(C)nn3CC)ncc2c2cc(C(N)=O)nc(C)c21. The van der Waals surface area contributed by atoms with E-state index in [1.807, 2.05) is 43.6 Å². The Labute approximate surface area is 556 Å². The van der Waals surface area contributed by atoms with E-state index in [-0.39, 0.29) is 110 Å². The number of fused-ring (bicyclic) bond motifs is 4. The molecular formula is C64H71N17O17. The summed E-state index contributed by atoms with van der Waals surface area (Å²) in [7, 11) is 1.47. The Kier molecular flexibility index (Phi) is 21.0. The highest BCUT2D eigenvalue weighted by Crippen LogP contribution is 2.35. The highest BCUT2D eigenvalue weighted by atomic mass is 16.7. The van der Waals surface area contributed by atoms with Crippen LogP contribution >= 0.6 is 0 Å². The van der Waals surface area contributed by atoms with Gasteiger partial charge in [-0.25, -0.2) is 29.5 Å². The molecule has 0 saturated carbocycles. The van der Waals surface area contributed by atoms with Crippen molar-refractivity contribution in [2.45, 2.75) is 117 Å². The van der Waals surface area contributed by atoms with Crippen LogP contribution in [0.5, 0.6) is 11.5 Å². The first-order valence-electron chi connectivity index (χ1n) is 31.0. The number of carbonyl (C=O) groups is 9. The number of primary amides is 2. The molecule has 98 heavy (non-hydrogen) atoms. The Balaban J connectivity index is 0.853. The van der Waals surface area contributed by atoms with Gasteiger partial charge in [-0.15, -0.1) is 0 Å². The fourth-order valence-electron chi connectivity index (χ4n) is 11.2. The van der Waals surface area contributed by atoms with Gasteiger partial charge in [0.25, 0.3) is 23.6 Å². The number of rotatable bonds is 28. The van der Waals surface area contributed by atoms with Crippen molar-refractivity contribution in [2.24, 2.45) is 11.5 Å². The number of aromatic nitrogens is 10. The molecule has 1 saturated heterocycles. The lowest BCUT2D eigenvalue weighted by Gasteiger charge is -2.38. The number of carboxylic acids is 1. The molecule has 0 spiro atoms. The Morgan fingerprint density at radius 2 is 1.48 bits per heavy atom. The van der Waals surface area contributed by atoms with Crippen LogP contribution in [0.3, 0.4) is 0 Å². The van der Waals surface area contributed by atoms with Crippen molar-refractivity contribution in [3.8, 4) is 23.0 Å². The molecule has 1 fully saturated rings. The van der Waals surface area contributed by atoms with Crippen molar-refractivity contribution in [3.05, 3.63) is 119 Å². The van der Waals surface area contributed by atoms with Crippen LogP contribution in [0.2, 0.25) is 0 Å². The summed E-state index contributed by atoms with van der Waals surface area (Å²) >= 11 is 0. The molecule has 34 heteroatoms. The van der Waals surface area contributed by atoms with E-state index in [0.717, 1.165) is 22.7 Å². The minimum absolute atomic E-state index is 0.0401. The quantitative estimate of drug-likeness (QED) is 0.0193. The molecule has 0 aliphatic carbocycles. The summed E-state index contributed by atoms with van der Waals surface area (Å²) in [6.45, 7) is 9.67. The third kappa shape index (κ3) is 15.1. The van der Waals surface area contributed by atoms with Crippen molar-refractivity contribution < 1.29 is 82.5 Å². The van der Waals surface area contributed by atoms with Gasteiger partial charge in [-0.05, 0) is 89.1 Å². The molecule has 5 atom stereocenters. The summed E-state index contributed by atoms with van der Waals surface area (Å²) in [6, 6.07) is 12.1. The van der Waals surface area contributed by atoms with E-state index in [0.29, 0.717) is 63.4 Å². The molecule has 2 aliphatic rings. The molecule has 2 aromatic carbocycles. The minimum atomic E-state index is -2.03. The molecular weight excluding hydrogens is 1280 g/mol. The van der Waals surface area contributed by atoms with Gasteiger partial charge < -0.3 is 75.5 Å². The molecule has 0 unspecified atom stereocenters. The van der Waals surface area contributed by atoms with Gasteiger partial charge in [0.05, 0.1) is 40.4 Å². The average molecular weight is 1350 g/mol. The van der Waals surface area contributed by atoms with Gasteiger partial charge in [0.15, 0.2) is 11.9 Å². The average Bonchev–Trinajstić information content (AvgIpc) is 1.57. The topological polar surface area (TPSA) is 463 Å². The number of anilines is 2. The second-order valence-electron chi connectivity index (χ2n) is 23.0. The van der Waals surface area contributed by atoms with Crippen molar-refractivity contribution in [1.82, 2.24) is 63.7 Å². The number of nitrogens with one attached hydrogen (secondary N) is 3. The van der Waals surface area contributed by atoms with Gasteiger partial charge in [0.1, 0.15) is 64.7 Å². The highest BCUT2D eigenvalue weighted by Gasteiger charge is 2.48. The number of carbonyl (C=O) groups excluding carboxylic acids is 8. The first-order chi connectivity index (χ1) is 46.8. The number of pyridine rings is 1. The van der Waals surface area contributed by atoms with Crippen LogP contribution in [0, 0.1) is 20.8 Å². The molecule has 0 bridgehead atoms. The van der Waals surface area contributed by atoms with E-state index in [1.165, 1.54) is 42.3 Å². The first kappa shape index (κ1) is 69.3. The number of hydrogen-bond donors (Lipinski definition) is 9. The van der Waals surface area contributed by atoms with Crippen molar-refractivity contribution in [3.63, 3.8) is 0 Å². The van der Waals surface area contributed by atoms with Gasteiger partial charge in [-0.1, -0.05) is 18.2 Å². The van der Waals surface area contributed by atoms with Crippen LogP contribution in [0.15, 0.2) is 79.0 Å². The summed E-state index contributed by atoms with van der Waals surface area (Å²) in [6.07, 6.45) is -3.54. The van der Waals surface area contributed by atoms with Crippen LogP contribution in [-0.2, 0) is 66.2 Å². The summed E-state index contributed by atoms with van der Waals surface area (Å²) in [5.74, 6) is -5.66. The van der Waals surface area contributed by atoms with E-state index >= 15 is 0 Å². The zero-order valence-corrected chi connectivity index (χ0v) is 54.0. The normalized spacial score (nSPS) is 16.9. The number of benzene rings is 2. The summed E-state index contributed by atoms with van der Waals surface area (Å²) in [5.41, 5.74) is 16.5. The number of imidazole rings is 1. The monoisotopic (exact) mass is 1350 g/mol. The van der Waals surface area contributed by atoms with E-state index in [9.17, 15) is 63.6 Å². The number of aliphatic hydroxyl groups is 3. The largest absolute Gasteiger partial charge is 0.491 e. The predicted molar refractivity (Wildman–Crippen MR) is 347 cm³/mol. The van der Waals surface area contributed by atoms with Crippen molar-refractivity contribution >= 4 is 98.0 Å². The van der Waals surface area contributed by atoms with E-state index in [2.05, 4.69) is 31.1 Å². The fourth-order valence-corrected chi connectivity index (χ4v) is 11.2. The Hall–Kier alpha value is -11.5. The summed E-state index contributed by atoms with van der Waals surface area (Å²) < 4.78 is 30.1. The fraction of sp³-hybridized carbons (Fsp3) is 0.359. The van der Waals surface area contributed by atoms with Gasteiger partial charge in [-0.2, -0.15) is 10.2 Å². The lowest BCUT2D eigenvalue weighted by molar-refractivity contribution is -0.271. The third-order valence-electron chi connectivity index (χ3n) is 16.0. The predicted octanol–water partition coefficient (Wildman–Crippen LogP) is 2.13. The summed E-state index contributed by atoms with van der Waals surface area (Å²) in [5, 5.41) is 59.4. The number of carboxylic acid groups (broad SMARTS) is 1. The molecule has 10 rings (SSSR count). The molecule has 0 radical (unpaired) electrons. The Morgan fingerprint density at radius 1 is 0.765 bits per heavy atom. The Morgan fingerprint density at radius 3 is 2.18 bits per heavy atom. The van der Waals surface area contributed by atoms with Crippen LogP contribution in [0.25, 0.3) is 44.5 Å². The first-order valence-corrected chi connectivity index (χ1v) is 31.0. The van der Waals surface area contributed by atoms with Crippen LogP contribution in [0.4, 0.5) is 16.4 Å². The second kappa shape index (κ2) is 29.7. The summed E-state index contributed by atoms with van der Waals surface area (Å²) in [4.78, 5) is 136. The van der Waals surface area contributed by atoms with Crippen LogP contribution in [0.1, 0.15) is 87.1 Å². The number of ether oxygens (including phenoxy) is 4. The molecule has 11 N–H and O–H groups in total. The zero-order chi connectivity index (χ0) is 70.4. The maximum absolute atomic E-state index is 14.1. The van der Waals surface area contributed by atoms with Crippen LogP contribution < -0.4 is 36.9 Å². The molecule has 514 valence electrons. The Bertz CT molecular complexity index is 4530. The number of aliphatic carboxylic acids is 1. The van der Waals surface area contributed by atoms with E-state index in [1.54, 1.807) is 46.1 Å². The van der Waals surface area contributed by atoms with Crippen molar-refractivity contribution in [1.29, 1.82) is 0 Å². The molecule has 6 aromatic heterocycles. The van der Waals surface area contributed by atoms with Gasteiger partial charge >= 0.3 is 12.1 Å². The lowest BCUT2D eigenvalue weighted by Crippen LogP contribution is -2.61. The number of nitrogens with zero attached hydrogens (tertiary/aromatic N) is 12. The number of nitrogens with two attached hydrogens (primary N) is 2. The number of aryl methyl sites for hydroxylation is 5. The number of imide groups is 1. The molecule has 8 heterocycles. The lowest BCUT2D eigenvalue weighted by atomic mass is 9.99. The van der Waals surface area contributed by atoms with Crippen molar-refractivity contribution in [2.75, 3.05) is 43.9 Å². The maximum Gasteiger partial charge on any atom is 0.409 e. The van der Waals surface area contributed by atoms with E-state index in [4.69, 9.17) is 45.4 Å². The number of aliphatic hydroxyl groups excluding tert-OH is 3.